The largest absolute Gasteiger partial charge is 0.495 e. The van der Waals surface area contributed by atoms with Gasteiger partial charge in [0.1, 0.15) is 18.0 Å². The fourth-order valence-electron chi connectivity index (χ4n) is 6.51. The first kappa shape index (κ1) is 25.6. The van der Waals surface area contributed by atoms with Crippen molar-refractivity contribution in [1.82, 2.24) is 5.32 Å². The Bertz CT molecular complexity index is 1380. The molecule has 0 radical (unpaired) electrons. The molecule has 1 saturated heterocycles. The number of carbonyl (C=O) groups is 1. The molecule has 5 rings (SSSR count). The van der Waals surface area contributed by atoms with Gasteiger partial charge in [-0.25, -0.2) is 0 Å². The molecule has 1 aliphatic heterocycles. The zero-order chi connectivity index (χ0) is 26.3. The molecule has 1 aliphatic carbocycles. The molecule has 3 aromatic carbocycles. The number of halogens is 2. The number of ether oxygens (including phenoxy) is 1. The Morgan fingerprint density at radius 3 is 2.46 bits per heavy atom. The number of aliphatic hydroxyl groups excluding tert-OH is 1. The zero-order valence-corrected chi connectivity index (χ0v) is 22.2. The van der Waals surface area contributed by atoms with Crippen LogP contribution in [0.15, 0.2) is 60.7 Å². The number of nitriles is 1. The van der Waals surface area contributed by atoms with Crippen molar-refractivity contribution in [1.29, 1.82) is 5.26 Å². The number of hydrogen-bond donors (Lipinski definition) is 2. The van der Waals surface area contributed by atoms with Gasteiger partial charge >= 0.3 is 0 Å². The smallest absolute Gasteiger partial charge is 0.228 e. The normalized spacial score (nSPS) is 26.8. The van der Waals surface area contributed by atoms with E-state index in [-0.39, 0.29) is 23.7 Å². The van der Waals surface area contributed by atoms with Crippen LogP contribution in [-0.4, -0.2) is 24.4 Å². The lowest BCUT2D eigenvalue weighted by atomic mass is 9.55. The summed E-state index contributed by atoms with van der Waals surface area (Å²) in [4.78, 5) is 13.1. The Morgan fingerprint density at radius 1 is 1.11 bits per heavy atom. The third kappa shape index (κ3) is 4.28. The molecular formula is C30H28Cl2N2O3. The Kier molecular flexibility index (Phi) is 6.93. The van der Waals surface area contributed by atoms with Crippen LogP contribution >= 0.6 is 23.2 Å². The summed E-state index contributed by atoms with van der Waals surface area (Å²) in [5.74, 6) is 0.0361. The van der Waals surface area contributed by atoms with Gasteiger partial charge in [0.15, 0.2) is 0 Å². The fourth-order valence-corrected chi connectivity index (χ4v) is 6.96. The molecule has 1 saturated carbocycles. The molecule has 3 aromatic rings. The number of rotatable bonds is 5. The lowest BCUT2D eigenvalue weighted by Crippen LogP contribution is -2.44. The Morgan fingerprint density at radius 2 is 1.81 bits per heavy atom. The highest BCUT2D eigenvalue weighted by atomic mass is 35.5. The van der Waals surface area contributed by atoms with E-state index in [1.165, 1.54) is 0 Å². The van der Waals surface area contributed by atoms with Gasteiger partial charge in [0, 0.05) is 16.0 Å². The number of nitrogens with zero attached hydrogens (tertiary/aromatic N) is 1. The summed E-state index contributed by atoms with van der Waals surface area (Å²) >= 11 is 13.1. The van der Waals surface area contributed by atoms with Crippen LogP contribution < -0.4 is 10.1 Å². The molecule has 5 nitrogen and oxygen atoms in total. The fraction of sp³-hybridized carbons (Fsp3) is 0.333. The number of amides is 1. The van der Waals surface area contributed by atoms with Gasteiger partial charge in [-0.1, -0.05) is 60.5 Å². The van der Waals surface area contributed by atoms with Gasteiger partial charge in [0.25, 0.3) is 0 Å². The summed E-state index contributed by atoms with van der Waals surface area (Å²) in [6.07, 6.45) is 1.16. The Hall–Kier alpha value is -3.04. The average Bonchev–Trinajstić information content (AvgIpc) is 3.18. The lowest BCUT2D eigenvalue weighted by Gasteiger charge is -2.47. The van der Waals surface area contributed by atoms with E-state index in [0.29, 0.717) is 34.2 Å². The van der Waals surface area contributed by atoms with E-state index in [2.05, 4.69) is 11.4 Å². The van der Waals surface area contributed by atoms with Crippen LogP contribution in [0.4, 0.5) is 0 Å². The quantitative estimate of drug-likeness (QED) is 0.383. The monoisotopic (exact) mass is 534 g/mol. The molecule has 0 bridgehead atoms. The second-order valence-electron chi connectivity index (χ2n) is 9.94. The summed E-state index contributed by atoms with van der Waals surface area (Å²) in [5, 5.41) is 24.6. The topological polar surface area (TPSA) is 82.3 Å². The highest BCUT2D eigenvalue weighted by Gasteiger charge is 2.60. The first-order chi connectivity index (χ1) is 17.8. The van der Waals surface area contributed by atoms with Crippen LogP contribution in [0.2, 0.25) is 10.0 Å². The number of aliphatic hydroxyl groups is 1. The standard InChI is InChI=1S/C30H28Cl2N2O3/c1-3-30-13-12-23(26(17-4-8-21(31)9-5-17)27(30)28(35)34-29(30)36)22-10-6-19(15-24(22)32)18-7-11-25(37-2)20(14-18)16-33/h4-11,14-15,23,26-28,35H,3,12-13H2,1-2H3,(H,34,36)/t23-,26-,27+,28?,30+/m0/s1. The molecular weight excluding hydrogens is 507 g/mol. The zero-order valence-electron chi connectivity index (χ0n) is 20.7. The molecule has 0 aromatic heterocycles. The van der Waals surface area contributed by atoms with Crippen molar-refractivity contribution in [2.24, 2.45) is 11.3 Å². The average molecular weight is 535 g/mol. The van der Waals surface area contributed by atoms with E-state index in [9.17, 15) is 15.2 Å². The maximum Gasteiger partial charge on any atom is 0.228 e. The Balaban J connectivity index is 1.58. The van der Waals surface area contributed by atoms with Crippen molar-refractivity contribution in [3.8, 4) is 22.9 Å². The molecule has 2 N–H and O–H groups in total. The number of fused-ring (bicyclic) bond motifs is 1. The summed E-state index contributed by atoms with van der Waals surface area (Å²) < 4.78 is 5.27. The van der Waals surface area contributed by atoms with Crippen LogP contribution in [-0.2, 0) is 4.79 Å². The number of benzene rings is 3. The molecule has 37 heavy (non-hydrogen) atoms. The summed E-state index contributed by atoms with van der Waals surface area (Å²) in [5.41, 5.74) is 3.61. The molecule has 7 heteroatoms. The minimum absolute atomic E-state index is 0.000266. The molecule has 1 heterocycles. The Labute approximate surface area is 227 Å². The van der Waals surface area contributed by atoms with Gasteiger partial charge < -0.3 is 15.2 Å². The molecule has 2 aliphatic rings. The first-order valence-electron chi connectivity index (χ1n) is 12.5. The van der Waals surface area contributed by atoms with Gasteiger partial charge in [-0.15, -0.1) is 0 Å². The minimum Gasteiger partial charge on any atom is -0.495 e. The minimum atomic E-state index is -0.933. The first-order valence-corrected chi connectivity index (χ1v) is 13.2. The van der Waals surface area contributed by atoms with Crippen molar-refractivity contribution in [2.75, 3.05) is 7.11 Å². The van der Waals surface area contributed by atoms with Crippen LogP contribution in [0, 0.1) is 22.7 Å². The second kappa shape index (κ2) is 10.0. The van der Waals surface area contributed by atoms with Crippen LogP contribution in [0.5, 0.6) is 5.75 Å². The number of nitrogens with one attached hydrogen (secondary N) is 1. The van der Waals surface area contributed by atoms with Crippen molar-refractivity contribution < 1.29 is 14.6 Å². The van der Waals surface area contributed by atoms with Gasteiger partial charge in [-0.05, 0) is 83.7 Å². The van der Waals surface area contributed by atoms with E-state index >= 15 is 0 Å². The van der Waals surface area contributed by atoms with Crippen LogP contribution in [0.3, 0.4) is 0 Å². The van der Waals surface area contributed by atoms with E-state index < -0.39 is 11.6 Å². The van der Waals surface area contributed by atoms with E-state index in [0.717, 1.165) is 28.7 Å². The van der Waals surface area contributed by atoms with E-state index in [1.54, 1.807) is 19.2 Å². The second-order valence-corrected chi connectivity index (χ2v) is 10.8. The molecule has 0 spiro atoms. The summed E-state index contributed by atoms with van der Waals surface area (Å²) in [7, 11) is 1.54. The van der Waals surface area contributed by atoms with Gasteiger partial charge in [0.2, 0.25) is 5.91 Å². The van der Waals surface area contributed by atoms with Gasteiger partial charge in [-0.2, -0.15) is 5.26 Å². The highest BCUT2D eigenvalue weighted by Crippen LogP contribution is 2.60. The third-order valence-corrected chi connectivity index (χ3v) is 8.95. The summed E-state index contributed by atoms with van der Waals surface area (Å²) in [6, 6.07) is 21.3. The number of hydrogen-bond acceptors (Lipinski definition) is 4. The predicted octanol–water partition coefficient (Wildman–Crippen LogP) is 6.66. The highest BCUT2D eigenvalue weighted by molar-refractivity contribution is 6.31. The molecule has 1 amide bonds. The van der Waals surface area contributed by atoms with E-state index in [4.69, 9.17) is 27.9 Å². The van der Waals surface area contributed by atoms with Gasteiger partial charge in [0.05, 0.1) is 18.1 Å². The molecule has 190 valence electrons. The van der Waals surface area contributed by atoms with Crippen molar-refractivity contribution in [3.05, 3.63) is 87.4 Å². The van der Waals surface area contributed by atoms with Crippen LogP contribution in [0.1, 0.15) is 54.7 Å². The summed E-state index contributed by atoms with van der Waals surface area (Å²) in [6.45, 7) is 2.02. The number of methoxy groups -OCH3 is 1. The van der Waals surface area contributed by atoms with Crippen LogP contribution in [0.25, 0.3) is 11.1 Å². The third-order valence-electron chi connectivity index (χ3n) is 8.37. The van der Waals surface area contributed by atoms with Crippen molar-refractivity contribution in [2.45, 2.75) is 44.2 Å². The predicted molar refractivity (Wildman–Crippen MR) is 145 cm³/mol. The van der Waals surface area contributed by atoms with Gasteiger partial charge in [-0.3, -0.25) is 4.79 Å². The molecule has 1 unspecified atom stereocenters. The molecule has 5 atom stereocenters. The maximum absolute atomic E-state index is 13.1. The maximum atomic E-state index is 13.1. The molecule has 2 fully saturated rings. The van der Waals surface area contributed by atoms with Crippen molar-refractivity contribution >= 4 is 29.1 Å². The lowest BCUT2D eigenvalue weighted by molar-refractivity contribution is -0.131. The number of carbonyl (C=O) groups excluding carboxylic acids is 1. The van der Waals surface area contributed by atoms with E-state index in [1.807, 2.05) is 55.5 Å². The SMILES string of the molecule is CC[C@@]12CC[C@@H](c3ccc(-c4ccc(OC)c(C#N)c4)cc3Cl)[C@H](c3ccc(Cl)cc3)[C@@H]1C(O)NC2=O. The van der Waals surface area contributed by atoms with Crippen molar-refractivity contribution in [3.63, 3.8) is 0 Å².